The van der Waals surface area contributed by atoms with E-state index in [1.54, 1.807) is 17.1 Å². The number of nitrogens with zero attached hydrogens (tertiary/aromatic N) is 4. The van der Waals surface area contributed by atoms with E-state index >= 15 is 0 Å². The van der Waals surface area contributed by atoms with Crippen molar-refractivity contribution in [3.8, 4) is 11.1 Å². The third-order valence-electron chi connectivity index (χ3n) is 4.16. The first-order valence-electron chi connectivity index (χ1n) is 7.65. The zero-order valence-electron chi connectivity index (χ0n) is 12.6. The number of fused-ring (bicyclic) bond motifs is 3. The van der Waals surface area contributed by atoms with Gasteiger partial charge in [-0.05, 0) is 17.2 Å². The van der Waals surface area contributed by atoms with Crippen LogP contribution in [0.2, 0.25) is 0 Å². The molecule has 0 bridgehead atoms. The quantitative estimate of drug-likeness (QED) is 0.747. The maximum absolute atomic E-state index is 12.7. The second-order valence-electron chi connectivity index (χ2n) is 5.57. The third kappa shape index (κ3) is 2.50. The summed E-state index contributed by atoms with van der Waals surface area (Å²) in [5, 5.41) is 7.68. The summed E-state index contributed by atoms with van der Waals surface area (Å²) in [5.41, 5.74) is 4.49. The highest BCUT2D eigenvalue weighted by atomic mass is 16.2. The van der Waals surface area contributed by atoms with Gasteiger partial charge in [-0.25, -0.2) is 0 Å². The second-order valence-corrected chi connectivity index (χ2v) is 5.57. The average Bonchev–Trinajstić information content (AvgIpc) is 3.12. The standard InChI is InChI=1S/C18H16N4O/c23-18(9-11-21-12-10-19-20-21)22-13-14-5-1-2-6-15(14)16-7-3-4-8-17(16)22/h1-8,10,12H,9,11,13H2. The van der Waals surface area contributed by atoms with Gasteiger partial charge in [0, 0.05) is 18.2 Å². The summed E-state index contributed by atoms with van der Waals surface area (Å²) in [7, 11) is 0. The predicted octanol–water partition coefficient (Wildman–Crippen LogP) is 2.88. The summed E-state index contributed by atoms with van der Waals surface area (Å²) < 4.78 is 1.68. The SMILES string of the molecule is O=C(CCn1ccnn1)N1Cc2ccccc2-c2ccccc21. The molecule has 0 saturated carbocycles. The molecule has 3 aromatic rings. The van der Waals surface area contributed by atoms with Crippen molar-refractivity contribution in [2.45, 2.75) is 19.5 Å². The molecule has 2 aromatic carbocycles. The highest BCUT2D eigenvalue weighted by molar-refractivity contribution is 6.00. The monoisotopic (exact) mass is 304 g/mol. The first-order valence-corrected chi connectivity index (χ1v) is 7.65. The summed E-state index contributed by atoms with van der Waals surface area (Å²) in [6.45, 7) is 1.16. The number of hydrogen-bond donors (Lipinski definition) is 0. The lowest BCUT2D eigenvalue weighted by Crippen LogP contribution is -2.33. The van der Waals surface area contributed by atoms with E-state index in [9.17, 15) is 4.79 Å². The van der Waals surface area contributed by atoms with Gasteiger partial charge in [-0.1, -0.05) is 47.7 Å². The Kier molecular flexibility index (Phi) is 3.38. The van der Waals surface area contributed by atoms with Crippen molar-refractivity contribution in [3.05, 3.63) is 66.5 Å². The molecule has 4 rings (SSSR count). The lowest BCUT2D eigenvalue weighted by Gasteiger charge is -2.31. The van der Waals surface area contributed by atoms with E-state index in [4.69, 9.17) is 0 Å². The second kappa shape index (κ2) is 5.68. The van der Waals surface area contributed by atoms with Gasteiger partial charge in [-0.15, -0.1) is 5.10 Å². The Morgan fingerprint density at radius 2 is 1.83 bits per heavy atom. The van der Waals surface area contributed by atoms with Gasteiger partial charge >= 0.3 is 0 Å². The number of anilines is 1. The molecule has 1 aromatic heterocycles. The van der Waals surface area contributed by atoms with Gasteiger partial charge in [-0.3, -0.25) is 9.48 Å². The number of hydrogen-bond acceptors (Lipinski definition) is 3. The summed E-state index contributed by atoms with van der Waals surface area (Å²) in [5.74, 6) is 0.0995. The van der Waals surface area contributed by atoms with Crippen LogP contribution in [0.4, 0.5) is 5.69 Å². The molecular weight excluding hydrogens is 288 g/mol. The van der Waals surface area contributed by atoms with Crippen molar-refractivity contribution < 1.29 is 4.79 Å². The number of aromatic nitrogens is 3. The summed E-state index contributed by atoms with van der Waals surface area (Å²) in [6.07, 6.45) is 3.80. The van der Waals surface area contributed by atoms with E-state index in [2.05, 4.69) is 28.5 Å². The van der Waals surface area contributed by atoms with Crippen LogP contribution in [0.5, 0.6) is 0 Å². The van der Waals surface area contributed by atoms with Gasteiger partial charge in [-0.2, -0.15) is 0 Å². The topological polar surface area (TPSA) is 51.0 Å². The van der Waals surface area contributed by atoms with Crippen molar-refractivity contribution in [1.29, 1.82) is 0 Å². The van der Waals surface area contributed by atoms with Crippen LogP contribution in [-0.2, 0) is 17.9 Å². The molecule has 0 fully saturated rings. The van der Waals surface area contributed by atoms with Crippen LogP contribution in [0.15, 0.2) is 60.9 Å². The smallest absolute Gasteiger partial charge is 0.229 e. The summed E-state index contributed by atoms with van der Waals surface area (Å²) in [6, 6.07) is 16.3. The van der Waals surface area contributed by atoms with Crippen LogP contribution in [0.1, 0.15) is 12.0 Å². The Labute approximate surface area is 134 Å². The van der Waals surface area contributed by atoms with Crippen molar-refractivity contribution in [1.82, 2.24) is 15.0 Å². The van der Waals surface area contributed by atoms with Crippen molar-refractivity contribution >= 4 is 11.6 Å². The van der Waals surface area contributed by atoms with Crippen LogP contribution >= 0.6 is 0 Å². The third-order valence-corrected chi connectivity index (χ3v) is 4.16. The fourth-order valence-corrected chi connectivity index (χ4v) is 3.03. The maximum Gasteiger partial charge on any atom is 0.229 e. The molecule has 5 nitrogen and oxygen atoms in total. The zero-order chi connectivity index (χ0) is 15.6. The largest absolute Gasteiger partial charge is 0.307 e. The molecular formula is C18H16N4O. The van der Waals surface area contributed by atoms with Gasteiger partial charge in [0.15, 0.2) is 0 Å². The Morgan fingerprint density at radius 3 is 2.65 bits per heavy atom. The Bertz CT molecular complexity index is 842. The predicted molar refractivity (Wildman–Crippen MR) is 87.7 cm³/mol. The molecule has 114 valence electrons. The molecule has 23 heavy (non-hydrogen) atoms. The Hall–Kier alpha value is -2.95. The van der Waals surface area contributed by atoms with Crippen LogP contribution in [0, 0.1) is 0 Å². The van der Waals surface area contributed by atoms with Crippen molar-refractivity contribution in [3.63, 3.8) is 0 Å². The van der Waals surface area contributed by atoms with Crippen molar-refractivity contribution in [2.24, 2.45) is 0 Å². The molecule has 1 amide bonds. The van der Waals surface area contributed by atoms with E-state index in [0.717, 1.165) is 11.3 Å². The number of aryl methyl sites for hydroxylation is 1. The zero-order valence-corrected chi connectivity index (χ0v) is 12.6. The normalized spacial score (nSPS) is 12.6. The molecule has 0 aliphatic carbocycles. The minimum Gasteiger partial charge on any atom is -0.307 e. The number of carbonyl (C=O) groups is 1. The van der Waals surface area contributed by atoms with E-state index < -0.39 is 0 Å². The van der Waals surface area contributed by atoms with Gasteiger partial charge in [0.05, 0.1) is 25.0 Å². The highest BCUT2D eigenvalue weighted by Crippen LogP contribution is 2.38. The van der Waals surface area contributed by atoms with Gasteiger partial charge in [0.2, 0.25) is 5.91 Å². The van der Waals surface area contributed by atoms with Crippen LogP contribution < -0.4 is 4.90 Å². The van der Waals surface area contributed by atoms with E-state index in [1.807, 2.05) is 35.2 Å². The maximum atomic E-state index is 12.7. The summed E-state index contributed by atoms with van der Waals surface area (Å²) in [4.78, 5) is 14.6. The molecule has 1 aliphatic heterocycles. The lowest BCUT2D eigenvalue weighted by molar-refractivity contribution is -0.119. The minimum atomic E-state index is 0.0995. The summed E-state index contributed by atoms with van der Waals surface area (Å²) >= 11 is 0. The fourth-order valence-electron chi connectivity index (χ4n) is 3.03. The molecule has 1 aliphatic rings. The number of rotatable bonds is 3. The molecule has 0 radical (unpaired) electrons. The lowest BCUT2D eigenvalue weighted by atomic mass is 9.93. The van der Waals surface area contributed by atoms with Crippen LogP contribution in [0.3, 0.4) is 0 Å². The number of amides is 1. The minimum absolute atomic E-state index is 0.0995. The number of para-hydroxylation sites is 1. The molecule has 0 spiro atoms. The van der Waals surface area contributed by atoms with Crippen LogP contribution in [-0.4, -0.2) is 20.9 Å². The fraction of sp³-hybridized carbons (Fsp3) is 0.167. The highest BCUT2D eigenvalue weighted by Gasteiger charge is 2.25. The van der Waals surface area contributed by atoms with Crippen molar-refractivity contribution in [2.75, 3.05) is 4.90 Å². The van der Waals surface area contributed by atoms with Crippen LogP contribution in [0.25, 0.3) is 11.1 Å². The molecule has 0 unspecified atom stereocenters. The molecule has 0 saturated heterocycles. The van der Waals surface area contributed by atoms with E-state index in [1.165, 1.54) is 11.1 Å². The average molecular weight is 304 g/mol. The van der Waals surface area contributed by atoms with Gasteiger partial charge in [0.25, 0.3) is 0 Å². The molecule has 0 N–H and O–H groups in total. The van der Waals surface area contributed by atoms with Gasteiger partial charge in [0.1, 0.15) is 0 Å². The van der Waals surface area contributed by atoms with E-state index in [0.29, 0.717) is 19.5 Å². The molecule has 2 heterocycles. The number of carbonyl (C=O) groups excluding carboxylic acids is 1. The first kappa shape index (κ1) is 13.7. The first-order chi connectivity index (χ1) is 11.3. The van der Waals surface area contributed by atoms with E-state index in [-0.39, 0.29) is 5.91 Å². The Morgan fingerprint density at radius 1 is 1.04 bits per heavy atom. The Balaban J connectivity index is 1.63. The number of benzene rings is 2. The molecule has 0 atom stereocenters. The van der Waals surface area contributed by atoms with Gasteiger partial charge < -0.3 is 4.90 Å². The molecule has 5 heteroatoms.